The third-order valence-corrected chi connectivity index (χ3v) is 2.54. The predicted octanol–water partition coefficient (Wildman–Crippen LogP) is 2.30. The van der Waals surface area contributed by atoms with Crippen LogP contribution < -0.4 is 5.73 Å². The van der Waals surface area contributed by atoms with Crippen molar-refractivity contribution in [2.75, 3.05) is 14.1 Å². The molecule has 0 aromatic heterocycles. The van der Waals surface area contributed by atoms with Gasteiger partial charge in [-0.15, -0.1) is 0 Å². The van der Waals surface area contributed by atoms with Crippen LogP contribution in [0.15, 0.2) is 18.2 Å². The van der Waals surface area contributed by atoms with Crippen molar-refractivity contribution in [3.63, 3.8) is 0 Å². The van der Waals surface area contributed by atoms with E-state index in [1.54, 1.807) is 0 Å². The van der Waals surface area contributed by atoms with Gasteiger partial charge in [-0.3, -0.25) is 0 Å². The van der Waals surface area contributed by atoms with Gasteiger partial charge in [0.2, 0.25) is 0 Å². The molecule has 0 aliphatic heterocycles. The van der Waals surface area contributed by atoms with Crippen LogP contribution in [-0.4, -0.2) is 25.0 Å². The second kappa shape index (κ2) is 5.37. The van der Waals surface area contributed by atoms with E-state index >= 15 is 0 Å². The van der Waals surface area contributed by atoms with Gasteiger partial charge in [0, 0.05) is 17.6 Å². The van der Waals surface area contributed by atoms with Crippen molar-refractivity contribution in [1.29, 1.82) is 0 Å². The van der Waals surface area contributed by atoms with E-state index in [4.69, 9.17) is 5.73 Å². The van der Waals surface area contributed by atoms with E-state index in [1.807, 2.05) is 25.9 Å². The summed E-state index contributed by atoms with van der Waals surface area (Å²) in [4.78, 5) is 1.85. The number of benzene rings is 1. The monoisotopic (exact) mass is 228 g/mol. The molecule has 2 N–H and O–H groups in total. The van der Waals surface area contributed by atoms with Crippen molar-refractivity contribution < 1.29 is 8.78 Å². The van der Waals surface area contributed by atoms with Gasteiger partial charge in [-0.2, -0.15) is 0 Å². The molecule has 4 heteroatoms. The molecule has 0 radical (unpaired) electrons. The Balaban J connectivity index is 3.05. The number of nitrogens with two attached hydrogens (primary N) is 1. The highest BCUT2D eigenvalue weighted by Crippen LogP contribution is 2.26. The zero-order chi connectivity index (χ0) is 12.3. The molecule has 0 aliphatic carbocycles. The average Bonchev–Trinajstić information content (AvgIpc) is 2.18. The van der Waals surface area contributed by atoms with Gasteiger partial charge < -0.3 is 10.6 Å². The Kier molecular flexibility index (Phi) is 4.38. The molecule has 2 unspecified atom stereocenters. The molecule has 0 aliphatic rings. The highest BCUT2D eigenvalue weighted by molar-refractivity contribution is 5.22. The first-order valence-electron chi connectivity index (χ1n) is 5.28. The summed E-state index contributed by atoms with van der Waals surface area (Å²) >= 11 is 0. The second-order valence-corrected chi connectivity index (χ2v) is 4.36. The lowest BCUT2D eigenvalue weighted by atomic mass is 9.99. The van der Waals surface area contributed by atoms with Crippen molar-refractivity contribution >= 4 is 0 Å². The fourth-order valence-corrected chi connectivity index (χ4v) is 1.74. The maximum absolute atomic E-state index is 13.6. The normalized spacial score (nSPS) is 15.2. The van der Waals surface area contributed by atoms with Gasteiger partial charge in [0.1, 0.15) is 11.6 Å². The van der Waals surface area contributed by atoms with Crippen LogP contribution >= 0.6 is 0 Å². The van der Waals surface area contributed by atoms with Crippen molar-refractivity contribution in [2.45, 2.75) is 25.4 Å². The molecule has 1 aromatic carbocycles. The summed E-state index contributed by atoms with van der Waals surface area (Å²) in [6.07, 6.45) is 0.591. The smallest absolute Gasteiger partial charge is 0.128 e. The fourth-order valence-electron chi connectivity index (χ4n) is 1.74. The fraction of sp³-hybridized carbons (Fsp3) is 0.500. The van der Waals surface area contributed by atoms with Crippen LogP contribution in [0.1, 0.15) is 24.9 Å². The summed E-state index contributed by atoms with van der Waals surface area (Å²) in [5, 5.41) is 0. The predicted molar refractivity (Wildman–Crippen MR) is 61.1 cm³/mol. The van der Waals surface area contributed by atoms with Gasteiger partial charge in [-0.05, 0) is 45.6 Å². The van der Waals surface area contributed by atoms with E-state index in [2.05, 4.69) is 0 Å². The molecule has 0 saturated carbocycles. The molecule has 0 bridgehead atoms. The lowest BCUT2D eigenvalue weighted by molar-refractivity contribution is 0.265. The minimum Gasteiger partial charge on any atom is -0.328 e. The van der Waals surface area contributed by atoms with Gasteiger partial charge in [-0.25, -0.2) is 8.78 Å². The Morgan fingerprint density at radius 2 is 1.94 bits per heavy atom. The standard InChI is InChI=1S/C12H18F2N2/c1-8(15)6-12(16(2)3)10-7-9(13)4-5-11(10)14/h4-5,7-8,12H,6,15H2,1-3H3. The molecule has 16 heavy (non-hydrogen) atoms. The van der Waals surface area contributed by atoms with E-state index in [0.29, 0.717) is 12.0 Å². The van der Waals surface area contributed by atoms with E-state index in [9.17, 15) is 8.78 Å². The molecule has 0 spiro atoms. The third-order valence-electron chi connectivity index (χ3n) is 2.54. The molecular weight excluding hydrogens is 210 g/mol. The Morgan fingerprint density at radius 1 is 1.31 bits per heavy atom. The first-order valence-corrected chi connectivity index (χ1v) is 5.28. The van der Waals surface area contributed by atoms with Crippen molar-refractivity contribution in [3.05, 3.63) is 35.4 Å². The second-order valence-electron chi connectivity index (χ2n) is 4.36. The molecule has 90 valence electrons. The Labute approximate surface area is 95.1 Å². The Bertz CT molecular complexity index is 351. The Morgan fingerprint density at radius 3 is 2.44 bits per heavy atom. The molecular formula is C12H18F2N2. The van der Waals surface area contributed by atoms with E-state index in [-0.39, 0.29) is 17.9 Å². The zero-order valence-corrected chi connectivity index (χ0v) is 9.87. The van der Waals surface area contributed by atoms with Gasteiger partial charge in [0.25, 0.3) is 0 Å². The topological polar surface area (TPSA) is 29.3 Å². The van der Waals surface area contributed by atoms with Crippen LogP contribution in [-0.2, 0) is 0 Å². The minimum atomic E-state index is -0.423. The van der Waals surface area contributed by atoms with Crippen molar-refractivity contribution in [1.82, 2.24) is 4.90 Å². The zero-order valence-electron chi connectivity index (χ0n) is 9.87. The van der Waals surface area contributed by atoms with Gasteiger partial charge in [0.05, 0.1) is 0 Å². The summed E-state index contributed by atoms with van der Waals surface area (Å²) in [6, 6.07) is 3.26. The average molecular weight is 228 g/mol. The minimum absolute atomic E-state index is 0.0601. The highest BCUT2D eigenvalue weighted by atomic mass is 19.1. The largest absolute Gasteiger partial charge is 0.328 e. The molecule has 2 nitrogen and oxygen atoms in total. The molecule has 0 amide bonds. The maximum atomic E-state index is 13.6. The number of hydrogen-bond acceptors (Lipinski definition) is 2. The maximum Gasteiger partial charge on any atom is 0.128 e. The van der Waals surface area contributed by atoms with Crippen LogP contribution in [0.3, 0.4) is 0 Å². The molecule has 2 atom stereocenters. The highest BCUT2D eigenvalue weighted by Gasteiger charge is 2.19. The summed E-state index contributed by atoms with van der Waals surface area (Å²) in [5.41, 5.74) is 6.08. The quantitative estimate of drug-likeness (QED) is 0.856. The molecule has 1 rings (SSSR count). The molecule has 0 heterocycles. The van der Waals surface area contributed by atoms with Gasteiger partial charge >= 0.3 is 0 Å². The molecule has 0 fully saturated rings. The first kappa shape index (κ1) is 13.1. The summed E-state index contributed by atoms with van der Waals surface area (Å²) < 4.78 is 26.7. The first-order chi connectivity index (χ1) is 7.41. The van der Waals surface area contributed by atoms with Crippen LogP contribution in [0, 0.1) is 11.6 Å². The van der Waals surface area contributed by atoms with E-state index in [0.717, 1.165) is 12.1 Å². The molecule has 1 aromatic rings. The number of halogens is 2. The lowest BCUT2D eigenvalue weighted by Crippen LogP contribution is -2.28. The van der Waals surface area contributed by atoms with E-state index < -0.39 is 5.82 Å². The van der Waals surface area contributed by atoms with Gasteiger partial charge in [-0.1, -0.05) is 0 Å². The SMILES string of the molecule is CC(N)CC(c1cc(F)ccc1F)N(C)C. The molecule has 0 saturated heterocycles. The van der Waals surface area contributed by atoms with Crippen molar-refractivity contribution in [3.8, 4) is 0 Å². The van der Waals surface area contributed by atoms with Crippen LogP contribution in [0.5, 0.6) is 0 Å². The summed E-state index contributed by atoms with van der Waals surface area (Å²) in [5.74, 6) is -0.811. The lowest BCUT2D eigenvalue weighted by Gasteiger charge is -2.26. The van der Waals surface area contributed by atoms with Crippen molar-refractivity contribution in [2.24, 2.45) is 5.73 Å². The van der Waals surface area contributed by atoms with Gasteiger partial charge in [0.15, 0.2) is 0 Å². The Hall–Kier alpha value is -1.00. The number of nitrogens with zero attached hydrogens (tertiary/aromatic N) is 1. The van der Waals surface area contributed by atoms with Crippen LogP contribution in [0.4, 0.5) is 8.78 Å². The number of rotatable bonds is 4. The summed E-state index contributed by atoms with van der Waals surface area (Å²) in [6.45, 7) is 1.85. The third kappa shape index (κ3) is 3.25. The summed E-state index contributed by atoms with van der Waals surface area (Å²) in [7, 11) is 3.66. The van der Waals surface area contributed by atoms with E-state index in [1.165, 1.54) is 6.07 Å². The van der Waals surface area contributed by atoms with Crippen LogP contribution in [0.25, 0.3) is 0 Å². The number of hydrogen-bond donors (Lipinski definition) is 1. The van der Waals surface area contributed by atoms with Crippen LogP contribution in [0.2, 0.25) is 0 Å².